The highest BCUT2D eigenvalue weighted by atomic mass is 16.2. The number of nitrogens with zero attached hydrogens (tertiary/aromatic N) is 6. The molecule has 3 heterocycles. The van der Waals surface area contributed by atoms with Crippen molar-refractivity contribution < 1.29 is 4.79 Å². The van der Waals surface area contributed by atoms with Crippen LogP contribution in [0.1, 0.15) is 35.9 Å². The van der Waals surface area contributed by atoms with Crippen LogP contribution in [0.5, 0.6) is 0 Å². The molecule has 2 aromatic rings. The highest BCUT2D eigenvalue weighted by molar-refractivity contribution is 5.93. The fraction of sp³-hybridized carbons (Fsp3) is 0.500. The van der Waals surface area contributed by atoms with Gasteiger partial charge in [0.15, 0.2) is 0 Å². The molecule has 0 unspecified atom stereocenters. The maximum Gasteiger partial charge on any atom is 0.255 e. The summed E-state index contributed by atoms with van der Waals surface area (Å²) in [5.74, 6) is -0.00287. The lowest BCUT2D eigenvalue weighted by Gasteiger charge is -2.36. The van der Waals surface area contributed by atoms with Gasteiger partial charge in [-0.25, -0.2) is 0 Å². The van der Waals surface area contributed by atoms with Crippen molar-refractivity contribution in [1.82, 2.24) is 29.8 Å². The van der Waals surface area contributed by atoms with E-state index in [1.807, 2.05) is 17.2 Å². The summed E-state index contributed by atoms with van der Waals surface area (Å²) < 4.78 is 2.06. The third kappa shape index (κ3) is 3.24. The van der Waals surface area contributed by atoms with E-state index in [2.05, 4.69) is 38.7 Å². The first kappa shape index (κ1) is 15.6. The quantitative estimate of drug-likeness (QED) is 0.830. The lowest BCUT2D eigenvalue weighted by Crippen LogP contribution is -2.45. The molecule has 0 N–H and O–H groups in total. The van der Waals surface area contributed by atoms with E-state index in [1.165, 1.54) is 6.20 Å². The van der Waals surface area contributed by atoms with Gasteiger partial charge in [0.05, 0.1) is 36.2 Å². The Labute approximate surface area is 135 Å². The van der Waals surface area contributed by atoms with Gasteiger partial charge in [-0.15, -0.1) is 0 Å². The molecule has 0 saturated carbocycles. The van der Waals surface area contributed by atoms with E-state index in [0.29, 0.717) is 18.7 Å². The summed E-state index contributed by atoms with van der Waals surface area (Å²) in [6.07, 6.45) is 4.88. The summed E-state index contributed by atoms with van der Waals surface area (Å²) in [4.78, 5) is 17.0. The van der Waals surface area contributed by atoms with E-state index in [0.717, 1.165) is 25.3 Å². The molecule has 0 fully saturated rings. The number of amides is 1. The molecule has 1 aliphatic rings. The van der Waals surface area contributed by atoms with E-state index in [9.17, 15) is 4.79 Å². The summed E-state index contributed by atoms with van der Waals surface area (Å²) >= 11 is 0. The van der Waals surface area contributed by atoms with Gasteiger partial charge in [0.25, 0.3) is 5.91 Å². The van der Waals surface area contributed by atoms with Crippen LogP contribution in [0.2, 0.25) is 0 Å². The van der Waals surface area contributed by atoms with Crippen molar-refractivity contribution in [2.24, 2.45) is 0 Å². The molecule has 0 aromatic carbocycles. The van der Waals surface area contributed by atoms with E-state index < -0.39 is 0 Å². The van der Waals surface area contributed by atoms with Crippen LogP contribution < -0.4 is 0 Å². The zero-order chi connectivity index (χ0) is 16.2. The first-order chi connectivity index (χ1) is 11.2. The summed E-state index contributed by atoms with van der Waals surface area (Å²) in [5, 5.41) is 12.0. The minimum atomic E-state index is -0.00287. The maximum atomic E-state index is 12.7. The number of carbonyl (C=O) groups excluding carboxylic acids is 1. The Morgan fingerprint density at radius 1 is 1.26 bits per heavy atom. The molecule has 1 amide bonds. The second kappa shape index (κ2) is 6.87. The van der Waals surface area contributed by atoms with Crippen molar-refractivity contribution in [3.63, 3.8) is 0 Å². The monoisotopic (exact) mass is 314 g/mol. The Kier molecular flexibility index (Phi) is 4.66. The number of likely N-dealkylation sites (N-methyl/N-ethyl adjacent to an activating group) is 1. The van der Waals surface area contributed by atoms with Crippen molar-refractivity contribution in [1.29, 1.82) is 0 Å². The minimum Gasteiger partial charge on any atom is -0.331 e. The lowest BCUT2D eigenvalue weighted by molar-refractivity contribution is 0.0642. The summed E-state index contributed by atoms with van der Waals surface area (Å²) in [6.45, 7) is 8.42. The first-order valence-corrected chi connectivity index (χ1v) is 8.03. The number of aromatic nitrogens is 4. The molecule has 23 heavy (non-hydrogen) atoms. The summed E-state index contributed by atoms with van der Waals surface area (Å²) in [5.41, 5.74) is 1.65. The average Bonchev–Trinajstić information content (AvgIpc) is 3.08. The predicted octanol–water partition coefficient (Wildman–Crippen LogP) is 1.21. The fourth-order valence-corrected chi connectivity index (χ4v) is 3.06. The van der Waals surface area contributed by atoms with E-state index >= 15 is 0 Å². The molecular weight excluding hydrogens is 292 g/mol. The molecule has 0 radical (unpaired) electrons. The molecule has 3 rings (SSSR count). The zero-order valence-corrected chi connectivity index (χ0v) is 13.6. The molecule has 7 heteroatoms. The molecule has 7 nitrogen and oxygen atoms in total. The minimum absolute atomic E-state index is 0.00287. The van der Waals surface area contributed by atoms with Crippen molar-refractivity contribution in [3.05, 3.63) is 42.0 Å². The number of rotatable bonds is 5. The molecule has 0 bridgehead atoms. The Balaban J connectivity index is 1.81. The smallest absolute Gasteiger partial charge is 0.255 e. The van der Waals surface area contributed by atoms with Crippen LogP contribution in [-0.4, -0.2) is 61.9 Å². The van der Waals surface area contributed by atoms with Gasteiger partial charge in [-0.3, -0.25) is 9.48 Å². The van der Waals surface area contributed by atoms with Crippen LogP contribution >= 0.6 is 0 Å². The first-order valence-electron chi connectivity index (χ1n) is 8.03. The van der Waals surface area contributed by atoms with Gasteiger partial charge in [-0.1, -0.05) is 13.8 Å². The van der Waals surface area contributed by atoms with Gasteiger partial charge in [-0.05, 0) is 25.2 Å². The van der Waals surface area contributed by atoms with Crippen LogP contribution in [0.15, 0.2) is 30.7 Å². The van der Waals surface area contributed by atoms with E-state index in [-0.39, 0.29) is 11.9 Å². The van der Waals surface area contributed by atoms with Gasteiger partial charge in [0, 0.05) is 19.3 Å². The molecule has 1 aliphatic heterocycles. The normalized spacial score (nSPS) is 17.3. The highest BCUT2D eigenvalue weighted by Gasteiger charge is 2.29. The standard InChI is InChI=1S/C16H22N6O/c1-3-20(4-2)10-15-12-21(11-14-6-8-19-22(14)15)16(23)13-5-7-17-18-9-13/h5-9,15H,3-4,10-12H2,1-2H3/t15-/m1/s1. The number of fused-ring (bicyclic) bond motifs is 1. The van der Waals surface area contributed by atoms with Crippen molar-refractivity contribution in [3.8, 4) is 0 Å². The molecule has 0 spiro atoms. The van der Waals surface area contributed by atoms with Crippen molar-refractivity contribution in [2.75, 3.05) is 26.2 Å². The average molecular weight is 314 g/mol. The van der Waals surface area contributed by atoms with Crippen molar-refractivity contribution in [2.45, 2.75) is 26.4 Å². The van der Waals surface area contributed by atoms with Gasteiger partial charge in [-0.2, -0.15) is 15.3 Å². The Morgan fingerprint density at radius 3 is 2.78 bits per heavy atom. The third-order valence-corrected chi connectivity index (χ3v) is 4.36. The van der Waals surface area contributed by atoms with Crippen LogP contribution in [-0.2, 0) is 6.54 Å². The molecular formula is C16H22N6O. The summed E-state index contributed by atoms with van der Waals surface area (Å²) in [6, 6.07) is 3.87. The van der Waals surface area contributed by atoms with E-state index in [4.69, 9.17) is 0 Å². The largest absolute Gasteiger partial charge is 0.331 e. The topological polar surface area (TPSA) is 67.2 Å². The van der Waals surface area contributed by atoms with Crippen LogP contribution in [0.4, 0.5) is 0 Å². The van der Waals surface area contributed by atoms with Gasteiger partial charge >= 0.3 is 0 Å². The maximum absolute atomic E-state index is 12.7. The fourth-order valence-electron chi connectivity index (χ4n) is 3.06. The summed E-state index contributed by atoms with van der Waals surface area (Å²) in [7, 11) is 0. The third-order valence-electron chi connectivity index (χ3n) is 4.36. The van der Waals surface area contributed by atoms with Gasteiger partial charge in [0.2, 0.25) is 0 Å². The Bertz CT molecular complexity index is 652. The van der Waals surface area contributed by atoms with Gasteiger partial charge in [0.1, 0.15) is 0 Å². The Hall–Kier alpha value is -2.28. The molecule has 2 aromatic heterocycles. The second-order valence-electron chi connectivity index (χ2n) is 5.72. The lowest BCUT2D eigenvalue weighted by atomic mass is 10.1. The highest BCUT2D eigenvalue weighted by Crippen LogP contribution is 2.22. The number of hydrogen-bond acceptors (Lipinski definition) is 5. The molecule has 122 valence electrons. The van der Waals surface area contributed by atoms with Gasteiger partial charge < -0.3 is 9.80 Å². The zero-order valence-electron chi connectivity index (χ0n) is 13.6. The van der Waals surface area contributed by atoms with Crippen molar-refractivity contribution >= 4 is 5.91 Å². The molecule has 0 saturated heterocycles. The van der Waals surface area contributed by atoms with Crippen LogP contribution in [0, 0.1) is 0 Å². The number of carbonyl (C=O) groups is 1. The number of hydrogen-bond donors (Lipinski definition) is 0. The van der Waals surface area contributed by atoms with Crippen LogP contribution in [0.25, 0.3) is 0 Å². The van der Waals surface area contributed by atoms with E-state index in [1.54, 1.807) is 12.3 Å². The SMILES string of the molecule is CCN(CC)C[C@@H]1CN(C(=O)c2ccnnc2)Cc2ccnn21. The molecule has 0 aliphatic carbocycles. The van der Waals surface area contributed by atoms with Crippen LogP contribution in [0.3, 0.4) is 0 Å². The molecule has 1 atom stereocenters. The Morgan fingerprint density at radius 2 is 2.09 bits per heavy atom. The second-order valence-corrected chi connectivity index (χ2v) is 5.72. The predicted molar refractivity (Wildman–Crippen MR) is 85.8 cm³/mol.